The molecule has 0 spiro atoms. The van der Waals surface area contributed by atoms with Crippen molar-refractivity contribution in [3.63, 3.8) is 0 Å². The molecule has 1 saturated heterocycles. The Morgan fingerprint density at radius 3 is 2.52 bits per heavy atom. The molecule has 0 saturated carbocycles. The molecule has 1 aliphatic heterocycles. The molecule has 6 nitrogen and oxygen atoms in total. The number of hydrogen-bond acceptors (Lipinski definition) is 4. The summed E-state index contributed by atoms with van der Waals surface area (Å²) in [6, 6.07) is 13.9. The standard InChI is InChI=1S/C19H21N3O3/c23-19(15-8-5-9-18(12-15)22(24)25)20-13-16-6-1-2-7-17(16)14-21-10-3-4-11-21/h1-2,5-9,12H,3-4,10-11,13-14H2,(H,20,23). The quantitative estimate of drug-likeness (QED) is 0.648. The van der Waals surface area contributed by atoms with E-state index in [2.05, 4.69) is 16.3 Å². The first-order chi connectivity index (χ1) is 12.1. The molecule has 1 aliphatic rings. The summed E-state index contributed by atoms with van der Waals surface area (Å²) in [5.74, 6) is -0.306. The van der Waals surface area contributed by atoms with E-state index in [9.17, 15) is 14.9 Å². The van der Waals surface area contributed by atoms with Gasteiger partial charge in [-0.1, -0.05) is 30.3 Å². The lowest BCUT2D eigenvalue weighted by Gasteiger charge is -2.17. The fourth-order valence-electron chi connectivity index (χ4n) is 3.10. The van der Waals surface area contributed by atoms with E-state index in [-0.39, 0.29) is 11.6 Å². The smallest absolute Gasteiger partial charge is 0.270 e. The molecule has 0 aliphatic carbocycles. The van der Waals surface area contributed by atoms with E-state index in [4.69, 9.17) is 0 Å². The molecule has 25 heavy (non-hydrogen) atoms. The Labute approximate surface area is 146 Å². The highest BCUT2D eigenvalue weighted by molar-refractivity contribution is 5.94. The van der Waals surface area contributed by atoms with Crippen LogP contribution in [-0.4, -0.2) is 28.8 Å². The highest BCUT2D eigenvalue weighted by atomic mass is 16.6. The molecule has 1 N–H and O–H groups in total. The Bertz CT molecular complexity index is 770. The zero-order valence-electron chi connectivity index (χ0n) is 14.0. The van der Waals surface area contributed by atoms with E-state index < -0.39 is 4.92 Å². The van der Waals surface area contributed by atoms with Gasteiger partial charge < -0.3 is 5.32 Å². The van der Waals surface area contributed by atoms with Crippen LogP contribution in [0.15, 0.2) is 48.5 Å². The van der Waals surface area contributed by atoms with Gasteiger partial charge >= 0.3 is 0 Å². The summed E-state index contributed by atoms with van der Waals surface area (Å²) in [5.41, 5.74) is 2.50. The van der Waals surface area contributed by atoms with Crippen LogP contribution in [0.4, 0.5) is 5.69 Å². The molecular formula is C19H21N3O3. The molecular weight excluding hydrogens is 318 g/mol. The lowest BCUT2D eigenvalue weighted by atomic mass is 10.1. The third-order valence-electron chi connectivity index (χ3n) is 4.47. The number of amides is 1. The largest absolute Gasteiger partial charge is 0.348 e. The number of nitrogens with zero attached hydrogens (tertiary/aromatic N) is 2. The topological polar surface area (TPSA) is 75.5 Å². The van der Waals surface area contributed by atoms with E-state index in [1.165, 1.54) is 36.6 Å². The van der Waals surface area contributed by atoms with Gasteiger partial charge in [-0.05, 0) is 43.1 Å². The van der Waals surface area contributed by atoms with E-state index in [1.54, 1.807) is 6.07 Å². The zero-order valence-corrected chi connectivity index (χ0v) is 14.0. The number of rotatable bonds is 6. The Morgan fingerprint density at radius 1 is 1.08 bits per heavy atom. The molecule has 0 aromatic heterocycles. The van der Waals surface area contributed by atoms with Crippen molar-refractivity contribution in [3.8, 4) is 0 Å². The van der Waals surface area contributed by atoms with Crippen LogP contribution in [0.5, 0.6) is 0 Å². The molecule has 2 aromatic rings. The summed E-state index contributed by atoms with van der Waals surface area (Å²) in [6.45, 7) is 3.54. The van der Waals surface area contributed by atoms with E-state index in [0.29, 0.717) is 12.1 Å². The first-order valence-electron chi connectivity index (χ1n) is 8.45. The molecule has 1 amide bonds. The molecule has 3 rings (SSSR count). The number of non-ortho nitro benzene ring substituents is 1. The van der Waals surface area contributed by atoms with Gasteiger partial charge in [0.25, 0.3) is 11.6 Å². The van der Waals surface area contributed by atoms with Gasteiger partial charge in [-0.2, -0.15) is 0 Å². The van der Waals surface area contributed by atoms with Crippen molar-refractivity contribution in [2.24, 2.45) is 0 Å². The fourth-order valence-corrected chi connectivity index (χ4v) is 3.10. The molecule has 6 heteroatoms. The maximum atomic E-state index is 12.3. The zero-order chi connectivity index (χ0) is 17.6. The summed E-state index contributed by atoms with van der Waals surface area (Å²) in [6.07, 6.45) is 2.48. The third kappa shape index (κ3) is 4.42. The summed E-state index contributed by atoms with van der Waals surface area (Å²) >= 11 is 0. The van der Waals surface area contributed by atoms with E-state index in [0.717, 1.165) is 25.2 Å². The number of likely N-dealkylation sites (tertiary alicyclic amines) is 1. The lowest BCUT2D eigenvalue weighted by molar-refractivity contribution is -0.384. The summed E-state index contributed by atoms with van der Waals surface area (Å²) in [4.78, 5) is 25.1. The van der Waals surface area contributed by atoms with Crippen molar-refractivity contribution < 1.29 is 9.72 Å². The van der Waals surface area contributed by atoms with Crippen molar-refractivity contribution in [3.05, 3.63) is 75.3 Å². The molecule has 1 heterocycles. The second-order valence-electron chi connectivity index (χ2n) is 6.24. The summed E-state index contributed by atoms with van der Waals surface area (Å²) < 4.78 is 0. The molecule has 1 fully saturated rings. The average molecular weight is 339 g/mol. The van der Waals surface area contributed by atoms with Gasteiger partial charge in [0.05, 0.1) is 4.92 Å². The SMILES string of the molecule is O=C(NCc1ccccc1CN1CCCC1)c1cccc([N+](=O)[O-])c1. The van der Waals surface area contributed by atoms with E-state index >= 15 is 0 Å². The minimum Gasteiger partial charge on any atom is -0.348 e. The highest BCUT2D eigenvalue weighted by Gasteiger charge is 2.15. The maximum Gasteiger partial charge on any atom is 0.270 e. The van der Waals surface area contributed by atoms with Crippen LogP contribution in [-0.2, 0) is 13.1 Å². The van der Waals surface area contributed by atoms with Crippen LogP contribution in [0, 0.1) is 10.1 Å². The predicted molar refractivity (Wildman–Crippen MR) is 95.2 cm³/mol. The number of benzene rings is 2. The van der Waals surface area contributed by atoms with Crippen molar-refractivity contribution in [1.29, 1.82) is 0 Å². The molecule has 0 radical (unpaired) electrons. The second kappa shape index (κ2) is 7.90. The predicted octanol–water partition coefficient (Wildman–Crippen LogP) is 3.12. The minimum atomic E-state index is -0.498. The third-order valence-corrected chi connectivity index (χ3v) is 4.47. The van der Waals surface area contributed by atoms with Crippen LogP contribution in [0.25, 0.3) is 0 Å². The second-order valence-corrected chi connectivity index (χ2v) is 6.24. The van der Waals surface area contributed by atoms with Gasteiger partial charge in [-0.3, -0.25) is 19.8 Å². The molecule has 0 bridgehead atoms. The Morgan fingerprint density at radius 2 is 1.80 bits per heavy atom. The van der Waals surface area contributed by atoms with Gasteiger partial charge in [0, 0.05) is 30.8 Å². The van der Waals surface area contributed by atoms with Crippen molar-refractivity contribution in [2.45, 2.75) is 25.9 Å². The number of nitro benzene ring substituents is 1. The average Bonchev–Trinajstić information content (AvgIpc) is 3.14. The van der Waals surface area contributed by atoms with Crippen LogP contribution in [0.1, 0.15) is 34.3 Å². The molecule has 130 valence electrons. The molecule has 0 unspecified atom stereocenters. The van der Waals surface area contributed by atoms with Crippen molar-refractivity contribution in [1.82, 2.24) is 10.2 Å². The minimum absolute atomic E-state index is 0.0814. The number of nitro groups is 1. The van der Waals surface area contributed by atoms with Crippen molar-refractivity contribution >= 4 is 11.6 Å². The monoisotopic (exact) mass is 339 g/mol. The fraction of sp³-hybridized carbons (Fsp3) is 0.316. The van der Waals surface area contributed by atoms with Gasteiger partial charge in [0.2, 0.25) is 0 Å². The molecule has 2 aromatic carbocycles. The Hall–Kier alpha value is -2.73. The van der Waals surface area contributed by atoms with E-state index in [1.807, 2.05) is 18.2 Å². The van der Waals surface area contributed by atoms with Crippen molar-refractivity contribution in [2.75, 3.05) is 13.1 Å². The number of carbonyl (C=O) groups excluding carboxylic acids is 1. The first-order valence-corrected chi connectivity index (χ1v) is 8.45. The summed E-state index contributed by atoms with van der Waals surface area (Å²) in [7, 11) is 0. The normalized spacial score (nSPS) is 14.4. The Balaban J connectivity index is 1.66. The Kier molecular flexibility index (Phi) is 5.40. The number of nitrogens with one attached hydrogen (secondary N) is 1. The first kappa shape index (κ1) is 17.1. The summed E-state index contributed by atoms with van der Waals surface area (Å²) in [5, 5.41) is 13.7. The van der Waals surface area contributed by atoms with Gasteiger partial charge in [-0.15, -0.1) is 0 Å². The lowest BCUT2D eigenvalue weighted by Crippen LogP contribution is -2.25. The van der Waals surface area contributed by atoms with Gasteiger partial charge in [0.15, 0.2) is 0 Å². The number of carbonyl (C=O) groups is 1. The van der Waals surface area contributed by atoms with Crippen LogP contribution < -0.4 is 5.32 Å². The molecule has 0 atom stereocenters. The van der Waals surface area contributed by atoms with Gasteiger partial charge in [-0.25, -0.2) is 0 Å². The van der Waals surface area contributed by atoms with Crippen LogP contribution in [0.2, 0.25) is 0 Å². The van der Waals surface area contributed by atoms with Crippen LogP contribution in [0.3, 0.4) is 0 Å². The van der Waals surface area contributed by atoms with Gasteiger partial charge in [0.1, 0.15) is 0 Å². The maximum absolute atomic E-state index is 12.3. The van der Waals surface area contributed by atoms with Crippen LogP contribution >= 0.6 is 0 Å². The highest BCUT2D eigenvalue weighted by Crippen LogP contribution is 2.17. The number of hydrogen-bond donors (Lipinski definition) is 1.